The zero-order valence-electron chi connectivity index (χ0n) is 12.9. The topological polar surface area (TPSA) is 55.8 Å². The van der Waals surface area contributed by atoms with E-state index < -0.39 is 17.4 Å². The highest BCUT2D eigenvalue weighted by molar-refractivity contribution is 5.91. The van der Waals surface area contributed by atoms with Gasteiger partial charge >= 0.3 is 5.97 Å². The van der Waals surface area contributed by atoms with Gasteiger partial charge in [-0.05, 0) is 12.3 Å². The lowest BCUT2D eigenvalue weighted by molar-refractivity contribution is -0.153. The van der Waals surface area contributed by atoms with Gasteiger partial charge in [0, 0.05) is 6.54 Å². The average molecular weight is 293 g/mol. The number of likely N-dealkylation sites (tertiary alicyclic amines) is 1. The number of amides is 1. The van der Waals surface area contributed by atoms with Crippen LogP contribution in [0.1, 0.15) is 27.2 Å². The molecule has 0 saturated carbocycles. The number of carbonyl (C=O) groups is 2. The first-order valence-corrected chi connectivity index (χ1v) is 7.81. The fourth-order valence-corrected chi connectivity index (χ4v) is 3.74. The minimum atomic E-state index is -0.605. The summed E-state index contributed by atoms with van der Waals surface area (Å²) in [4.78, 5) is 26.8. The third-order valence-corrected chi connectivity index (χ3v) is 4.48. The van der Waals surface area contributed by atoms with Crippen molar-refractivity contribution in [2.75, 3.05) is 19.7 Å². The van der Waals surface area contributed by atoms with Gasteiger partial charge in [-0.15, -0.1) is 0 Å². The first kappa shape index (κ1) is 14.6. The molecule has 0 radical (unpaired) electrons. The fourth-order valence-electron chi connectivity index (χ4n) is 3.74. The van der Waals surface area contributed by atoms with Crippen molar-refractivity contribution in [1.29, 1.82) is 0 Å². The SMILES string of the molecule is CCCOC(=O)[C@@H]1[C@@H]2C=C[C@]3(CN(CC(C)C)C(=O)[C@H]13)O2. The van der Waals surface area contributed by atoms with Gasteiger partial charge in [-0.25, -0.2) is 0 Å². The molecule has 3 heterocycles. The second-order valence-electron chi connectivity index (χ2n) is 6.68. The smallest absolute Gasteiger partial charge is 0.312 e. The van der Waals surface area contributed by atoms with Crippen molar-refractivity contribution in [3.05, 3.63) is 12.2 Å². The summed E-state index contributed by atoms with van der Waals surface area (Å²) in [7, 11) is 0. The molecular formula is C16H23NO4. The summed E-state index contributed by atoms with van der Waals surface area (Å²) >= 11 is 0. The van der Waals surface area contributed by atoms with Gasteiger partial charge in [0.05, 0.1) is 25.2 Å². The van der Waals surface area contributed by atoms with E-state index in [2.05, 4.69) is 13.8 Å². The van der Waals surface area contributed by atoms with Crippen LogP contribution in [0.4, 0.5) is 0 Å². The van der Waals surface area contributed by atoms with Crippen molar-refractivity contribution < 1.29 is 19.1 Å². The van der Waals surface area contributed by atoms with E-state index in [0.29, 0.717) is 25.6 Å². The molecule has 2 fully saturated rings. The molecule has 0 aliphatic carbocycles. The summed E-state index contributed by atoms with van der Waals surface area (Å²) in [5, 5.41) is 0. The fraction of sp³-hybridized carbons (Fsp3) is 0.750. The van der Waals surface area contributed by atoms with Gasteiger partial charge in [-0.1, -0.05) is 32.9 Å². The van der Waals surface area contributed by atoms with Crippen LogP contribution in [0.2, 0.25) is 0 Å². The Hall–Kier alpha value is -1.36. The van der Waals surface area contributed by atoms with Gasteiger partial charge in [0.2, 0.25) is 5.91 Å². The van der Waals surface area contributed by atoms with Crippen LogP contribution in [0.15, 0.2) is 12.2 Å². The molecule has 0 aromatic carbocycles. The van der Waals surface area contributed by atoms with E-state index >= 15 is 0 Å². The number of fused-ring (bicyclic) bond motifs is 1. The van der Waals surface area contributed by atoms with Crippen molar-refractivity contribution in [2.45, 2.75) is 38.9 Å². The maximum Gasteiger partial charge on any atom is 0.312 e. The van der Waals surface area contributed by atoms with Crippen molar-refractivity contribution in [3.63, 3.8) is 0 Å². The quantitative estimate of drug-likeness (QED) is 0.567. The number of hydrogen-bond acceptors (Lipinski definition) is 4. The monoisotopic (exact) mass is 293 g/mol. The molecule has 1 spiro atoms. The van der Waals surface area contributed by atoms with E-state index in [1.165, 1.54) is 0 Å². The minimum absolute atomic E-state index is 0.0361. The maximum atomic E-state index is 12.7. The van der Waals surface area contributed by atoms with Gasteiger partial charge in [0.15, 0.2) is 0 Å². The summed E-state index contributed by atoms with van der Waals surface area (Å²) in [6, 6.07) is 0. The van der Waals surface area contributed by atoms with E-state index in [9.17, 15) is 9.59 Å². The summed E-state index contributed by atoms with van der Waals surface area (Å²) < 4.78 is 11.3. The highest BCUT2D eigenvalue weighted by Gasteiger charge is 2.67. The molecule has 3 aliphatic heterocycles. The van der Waals surface area contributed by atoms with E-state index in [1.54, 1.807) is 0 Å². The Kier molecular flexibility index (Phi) is 3.56. The van der Waals surface area contributed by atoms with Crippen LogP contribution in [-0.4, -0.2) is 48.2 Å². The van der Waals surface area contributed by atoms with Crippen molar-refractivity contribution in [1.82, 2.24) is 4.90 Å². The number of ether oxygens (including phenoxy) is 2. The Morgan fingerprint density at radius 2 is 2.33 bits per heavy atom. The first-order valence-electron chi connectivity index (χ1n) is 7.81. The van der Waals surface area contributed by atoms with Crippen LogP contribution in [-0.2, 0) is 19.1 Å². The van der Waals surface area contributed by atoms with Gasteiger partial charge in [0.25, 0.3) is 0 Å². The Bertz CT molecular complexity index is 487. The van der Waals surface area contributed by atoms with E-state index in [0.717, 1.165) is 6.42 Å². The highest BCUT2D eigenvalue weighted by atomic mass is 16.6. The van der Waals surface area contributed by atoms with Gasteiger partial charge in [-0.2, -0.15) is 0 Å². The summed E-state index contributed by atoms with van der Waals surface area (Å²) in [5.74, 6) is -0.746. The zero-order chi connectivity index (χ0) is 15.2. The molecule has 0 N–H and O–H groups in total. The molecule has 0 aromatic heterocycles. The lowest BCUT2D eigenvalue weighted by Gasteiger charge is -2.22. The van der Waals surface area contributed by atoms with Gasteiger partial charge in [-0.3, -0.25) is 9.59 Å². The van der Waals surface area contributed by atoms with Crippen LogP contribution in [0.3, 0.4) is 0 Å². The number of hydrogen-bond donors (Lipinski definition) is 0. The van der Waals surface area contributed by atoms with Crippen LogP contribution >= 0.6 is 0 Å². The molecule has 4 atom stereocenters. The van der Waals surface area contributed by atoms with Crippen LogP contribution < -0.4 is 0 Å². The van der Waals surface area contributed by atoms with Gasteiger partial charge in [0.1, 0.15) is 11.5 Å². The number of carbonyl (C=O) groups excluding carboxylic acids is 2. The van der Waals surface area contributed by atoms with Crippen molar-refractivity contribution in [3.8, 4) is 0 Å². The molecular weight excluding hydrogens is 270 g/mol. The number of esters is 1. The van der Waals surface area contributed by atoms with E-state index in [-0.39, 0.29) is 18.0 Å². The third-order valence-electron chi connectivity index (χ3n) is 4.48. The minimum Gasteiger partial charge on any atom is -0.465 e. The largest absolute Gasteiger partial charge is 0.465 e. The van der Waals surface area contributed by atoms with E-state index in [4.69, 9.17) is 9.47 Å². The molecule has 5 nitrogen and oxygen atoms in total. The summed E-state index contributed by atoms with van der Waals surface area (Å²) in [6.07, 6.45) is 4.37. The number of rotatable bonds is 5. The predicted octanol–water partition coefficient (Wildman–Crippen LogP) is 1.38. The molecule has 1 amide bonds. The Morgan fingerprint density at radius 1 is 1.57 bits per heavy atom. The average Bonchev–Trinajstić information content (AvgIpc) is 3.04. The lowest BCUT2D eigenvalue weighted by Crippen LogP contribution is -2.40. The standard InChI is InChI=1S/C16H23NO4/c1-4-7-20-15(19)12-11-5-6-16(21-11)9-17(8-10(2)3)14(18)13(12)16/h5-6,10-13H,4,7-9H2,1-3H3/t11-,12+,13-,16+/m0/s1. The van der Waals surface area contributed by atoms with Crippen LogP contribution in [0.5, 0.6) is 0 Å². The zero-order valence-corrected chi connectivity index (χ0v) is 12.9. The molecule has 3 rings (SSSR count). The van der Waals surface area contributed by atoms with Crippen molar-refractivity contribution >= 4 is 11.9 Å². The predicted molar refractivity (Wildman–Crippen MR) is 76.4 cm³/mol. The van der Waals surface area contributed by atoms with Crippen molar-refractivity contribution in [2.24, 2.45) is 17.8 Å². The maximum absolute atomic E-state index is 12.7. The summed E-state index contributed by atoms with van der Waals surface area (Å²) in [5.41, 5.74) is -0.605. The summed E-state index contributed by atoms with van der Waals surface area (Å²) in [6.45, 7) is 7.78. The molecule has 0 aromatic rings. The van der Waals surface area contributed by atoms with Crippen LogP contribution in [0, 0.1) is 17.8 Å². The molecule has 0 unspecified atom stereocenters. The second kappa shape index (κ2) is 5.13. The molecule has 116 valence electrons. The normalized spacial score (nSPS) is 36.7. The van der Waals surface area contributed by atoms with Gasteiger partial charge < -0.3 is 14.4 Å². The van der Waals surface area contributed by atoms with E-state index in [1.807, 2.05) is 24.0 Å². The Balaban J connectivity index is 1.82. The molecule has 5 heteroatoms. The third kappa shape index (κ3) is 2.18. The highest BCUT2D eigenvalue weighted by Crippen LogP contribution is 2.52. The molecule has 2 bridgehead atoms. The molecule has 21 heavy (non-hydrogen) atoms. The van der Waals surface area contributed by atoms with Crippen LogP contribution in [0.25, 0.3) is 0 Å². The Labute approximate surface area is 125 Å². The lowest BCUT2D eigenvalue weighted by atomic mass is 9.77. The molecule has 2 saturated heterocycles. The molecule has 3 aliphatic rings. The Morgan fingerprint density at radius 3 is 3.00 bits per heavy atom. The first-order chi connectivity index (χ1) is 9.98. The number of nitrogens with zero attached hydrogens (tertiary/aromatic N) is 1. The second-order valence-corrected chi connectivity index (χ2v) is 6.68.